The minimum Gasteiger partial charge on any atom is -0.262 e. The molecule has 0 atom stereocenters. The van der Waals surface area contributed by atoms with E-state index in [4.69, 9.17) is 0 Å². The molecule has 0 unspecified atom stereocenters. The topological polar surface area (TPSA) is 56.5 Å². The molecule has 5 nitrogen and oxygen atoms in total. The fraction of sp³-hybridized carbons (Fsp3) is 0.250. The van der Waals surface area contributed by atoms with Crippen molar-refractivity contribution in [3.8, 4) is 16.9 Å². The van der Waals surface area contributed by atoms with Gasteiger partial charge in [-0.05, 0) is 38.0 Å². The number of hydrogen-bond donors (Lipinski definition) is 0. The highest BCUT2D eigenvalue weighted by atomic mass is 15.3. The second-order valence-electron chi connectivity index (χ2n) is 4.95. The van der Waals surface area contributed by atoms with Crippen LogP contribution in [0.5, 0.6) is 0 Å². The maximum Gasteiger partial charge on any atom is 0.125 e. The van der Waals surface area contributed by atoms with Gasteiger partial charge in [0.15, 0.2) is 0 Å². The molecule has 3 rings (SSSR count). The zero-order valence-electron chi connectivity index (χ0n) is 12.4. The van der Waals surface area contributed by atoms with Gasteiger partial charge < -0.3 is 0 Å². The Hall–Kier alpha value is -2.56. The summed E-state index contributed by atoms with van der Waals surface area (Å²) in [6, 6.07) is 3.89. The Labute approximate surface area is 123 Å². The first-order valence-corrected chi connectivity index (χ1v) is 6.98. The van der Waals surface area contributed by atoms with Gasteiger partial charge in [-0.3, -0.25) is 4.98 Å². The normalized spacial score (nSPS) is 10.8. The minimum atomic E-state index is 0.770. The largest absolute Gasteiger partial charge is 0.262 e. The third-order valence-electron chi connectivity index (χ3n) is 3.38. The molecule has 0 aliphatic heterocycles. The molecule has 0 amide bonds. The van der Waals surface area contributed by atoms with Crippen LogP contribution in [-0.2, 0) is 6.42 Å². The van der Waals surface area contributed by atoms with Crippen molar-refractivity contribution in [1.29, 1.82) is 0 Å². The van der Waals surface area contributed by atoms with E-state index in [2.05, 4.69) is 27.0 Å². The maximum atomic E-state index is 4.66. The van der Waals surface area contributed by atoms with Crippen molar-refractivity contribution in [3.05, 3.63) is 54.0 Å². The summed E-state index contributed by atoms with van der Waals surface area (Å²) < 4.78 is 1.86. The molecule has 3 aromatic heterocycles. The van der Waals surface area contributed by atoms with E-state index in [9.17, 15) is 0 Å². The molecular weight excluding hydrogens is 262 g/mol. The van der Waals surface area contributed by atoms with Crippen LogP contribution >= 0.6 is 0 Å². The smallest absolute Gasteiger partial charge is 0.125 e. The molecule has 5 heteroatoms. The lowest BCUT2D eigenvalue weighted by atomic mass is 10.1. The Kier molecular flexibility index (Phi) is 3.48. The quantitative estimate of drug-likeness (QED) is 0.739. The van der Waals surface area contributed by atoms with Gasteiger partial charge in [-0.2, -0.15) is 5.10 Å². The summed E-state index contributed by atoms with van der Waals surface area (Å²) >= 11 is 0. The molecule has 3 heterocycles. The Balaban J connectivity index is 2.15. The summed E-state index contributed by atoms with van der Waals surface area (Å²) in [5, 5.41) is 4.66. The number of pyridine rings is 1. The number of aryl methyl sites for hydroxylation is 3. The van der Waals surface area contributed by atoms with Crippen molar-refractivity contribution in [3.63, 3.8) is 0 Å². The van der Waals surface area contributed by atoms with Crippen molar-refractivity contribution >= 4 is 0 Å². The third kappa shape index (κ3) is 2.54. The molecule has 0 aliphatic rings. The fourth-order valence-electron chi connectivity index (χ4n) is 2.29. The lowest BCUT2D eigenvalue weighted by molar-refractivity contribution is 0.837. The van der Waals surface area contributed by atoms with Crippen molar-refractivity contribution in [2.45, 2.75) is 27.2 Å². The molecule has 0 saturated heterocycles. The van der Waals surface area contributed by atoms with E-state index in [1.165, 1.54) is 0 Å². The molecule has 0 bridgehead atoms. The van der Waals surface area contributed by atoms with Gasteiger partial charge in [0.05, 0.1) is 23.3 Å². The number of hydrogen-bond acceptors (Lipinski definition) is 4. The lowest BCUT2D eigenvalue weighted by Crippen LogP contribution is -1.96. The lowest BCUT2D eigenvalue weighted by Gasteiger charge is -2.04. The van der Waals surface area contributed by atoms with Crippen LogP contribution in [-0.4, -0.2) is 24.7 Å². The molecule has 3 aromatic rings. The van der Waals surface area contributed by atoms with Gasteiger partial charge >= 0.3 is 0 Å². The molecule has 0 aromatic carbocycles. The van der Waals surface area contributed by atoms with E-state index in [0.29, 0.717) is 0 Å². The van der Waals surface area contributed by atoms with E-state index in [0.717, 1.165) is 40.4 Å². The Morgan fingerprint density at radius 3 is 2.76 bits per heavy atom. The highest BCUT2D eigenvalue weighted by Crippen LogP contribution is 2.25. The molecule has 0 saturated carbocycles. The Bertz CT molecular complexity index is 762. The van der Waals surface area contributed by atoms with Crippen LogP contribution < -0.4 is 0 Å². The molecule has 0 N–H and O–H groups in total. The SMILES string of the molecule is CCc1nn(-c2cccnc2)cc1-c1nc(C)ncc1C. The van der Waals surface area contributed by atoms with Gasteiger partial charge in [-0.1, -0.05) is 6.92 Å². The van der Waals surface area contributed by atoms with Crippen molar-refractivity contribution in [2.75, 3.05) is 0 Å². The summed E-state index contributed by atoms with van der Waals surface area (Å²) in [6.07, 6.45) is 8.29. The van der Waals surface area contributed by atoms with E-state index in [1.54, 1.807) is 12.4 Å². The number of aromatic nitrogens is 5. The highest BCUT2D eigenvalue weighted by Gasteiger charge is 2.14. The molecule has 0 aliphatic carbocycles. The van der Waals surface area contributed by atoms with Crippen LogP contribution in [0.3, 0.4) is 0 Å². The average molecular weight is 279 g/mol. The van der Waals surface area contributed by atoms with Gasteiger partial charge in [0.2, 0.25) is 0 Å². The Morgan fingerprint density at radius 1 is 1.19 bits per heavy atom. The predicted octanol–water partition coefficient (Wildman–Crippen LogP) is 2.90. The van der Waals surface area contributed by atoms with E-state index >= 15 is 0 Å². The summed E-state index contributed by atoms with van der Waals surface area (Å²) in [4.78, 5) is 13.0. The molecule has 21 heavy (non-hydrogen) atoms. The van der Waals surface area contributed by atoms with Crippen molar-refractivity contribution in [2.24, 2.45) is 0 Å². The van der Waals surface area contributed by atoms with Crippen LogP contribution in [0.25, 0.3) is 16.9 Å². The van der Waals surface area contributed by atoms with Crippen molar-refractivity contribution in [1.82, 2.24) is 24.7 Å². The molecule has 0 radical (unpaired) electrons. The number of rotatable bonds is 3. The standard InChI is InChI=1S/C16H17N5/c1-4-15-14(16-11(2)8-18-12(3)19-16)10-21(20-15)13-6-5-7-17-9-13/h5-10H,4H2,1-3H3. The van der Waals surface area contributed by atoms with Crippen LogP contribution in [0, 0.1) is 13.8 Å². The van der Waals surface area contributed by atoms with Crippen LogP contribution in [0.2, 0.25) is 0 Å². The first kappa shape index (κ1) is 13.4. The van der Waals surface area contributed by atoms with E-state index in [-0.39, 0.29) is 0 Å². The van der Waals surface area contributed by atoms with Crippen LogP contribution in [0.4, 0.5) is 0 Å². The highest BCUT2D eigenvalue weighted by molar-refractivity contribution is 5.65. The second-order valence-corrected chi connectivity index (χ2v) is 4.95. The first-order valence-electron chi connectivity index (χ1n) is 6.98. The van der Waals surface area contributed by atoms with Crippen molar-refractivity contribution < 1.29 is 0 Å². The summed E-state index contributed by atoms with van der Waals surface area (Å²) in [5.41, 5.74) is 5.04. The van der Waals surface area contributed by atoms with Crippen LogP contribution in [0.1, 0.15) is 24.0 Å². The maximum absolute atomic E-state index is 4.66. The van der Waals surface area contributed by atoms with Gasteiger partial charge in [0.25, 0.3) is 0 Å². The molecular formula is C16H17N5. The van der Waals surface area contributed by atoms with Gasteiger partial charge in [0.1, 0.15) is 5.82 Å². The van der Waals surface area contributed by atoms with Crippen LogP contribution in [0.15, 0.2) is 36.9 Å². The van der Waals surface area contributed by atoms with Gasteiger partial charge in [-0.15, -0.1) is 0 Å². The monoisotopic (exact) mass is 279 g/mol. The molecule has 106 valence electrons. The van der Waals surface area contributed by atoms with Gasteiger partial charge in [-0.25, -0.2) is 14.6 Å². The van der Waals surface area contributed by atoms with E-state index in [1.807, 2.05) is 43.1 Å². The molecule has 0 spiro atoms. The summed E-state index contributed by atoms with van der Waals surface area (Å²) in [7, 11) is 0. The van der Waals surface area contributed by atoms with E-state index < -0.39 is 0 Å². The minimum absolute atomic E-state index is 0.770. The predicted molar refractivity (Wildman–Crippen MR) is 81.2 cm³/mol. The zero-order valence-corrected chi connectivity index (χ0v) is 12.4. The zero-order chi connectivity index (χ0) is 14.8. The van der Waals surface area contributed by atoms with Gasteiger partial charge in [0, 0.05) is 24.2 Å². The third-order valence-corrected chi connectivity index (χ3v) is 3.38. The summed E-state index contributed by atoms with van der Waals surface area (Å²) in [6.45, 7) is 6.03. The second kappa shape index (κ2) is 5.44. The first-order chi connectivity index (χ1) is 10.2. The molecule has 0 fully saturated rings. The summed E-state index contributed by atoms with van der Waals surface area (Å²) in [5.74, 6) is 0.770. The number of nitrogens with zero attached hydrogens (tertiary/aromatic N) is 5. The average Bonchev–Trinajstić information content (AvgIpc) is 2.94. The fourth-order valence-corrected chi connectivity index (χ4v) is 2.29. The Morgan fingerprint density at radius 2 is 2.05 bits per heavy atom.